The molecular formula is C9H13NO2S. The summed E-state index contributed by atoms with van der Waals surface area (Å²) in [7, 11) is -0.707. The van der Waals surface area contributed by atoms with Crippen molar-refractivity contribution < 1.29 is 8.63 Å². The van der Waals surface area contributed by atoms with E-state index in [2.05, 4.69) is 5.32 Å². The summed E-state index contributed by atoms with van der Waals surface area (Å²) >= 11 is 0. The summed E-state index contributed by atoms with van der Waals surface area (Å²) in [4.78, 5) is 0. The lowest BCUT2D eigenvalue weighted by atomic mass is 10.2. The molecule has 1 saturated heterocycles. The molecule has 1 fully saturated rings. The minimum absolute atomic E-state index is 0.125. The predicted molar refractivity (Wildman–Crippen MR) is 51.9 cm³/mol. The Morgan fingerprint density at radius 2 is 2.46 bits per heavy atom. The van der Waals surface area contributed by atoms with Gasteiger partial charge in [-0.25, -0.2) is 0 Å². The van der Waals surface area contributed by atoms with Crippen molar-refractivity contribution in [2.45, 2.75) is 19.0 Å². The zero-order chi connectivity index (χ0) is 9.26. The Bertz CT molecular complexity index is 297. The molecule has 0 radical (unpaired) electrons. The molecule has 4 heteroatoms. The van der Waals surface area contributed by atoms with Gasteiger partial charge in [-0.2, -0.15) is 0 Å². The first-order chi connectivity index (χ1) is 6.25. The molecule has 0 aliphatic carbocycles. The Hall–Kier alpha value is -0.610. The van der Waals surface area contributed by atoms with Crippen LogP contribution in [0.3, 0.4) is 0 Å². The molecule has 0 bridgehead atoms. The summed E-state index contributed by atoms with van der Waals surface area (Å²) in [6.07, 6.45) is 1.65. The maximum Gasteiger partial charge on any atom is 0.121 e. The molecule has 0 spiro atoms. The highest BCUT2D eigenvalue weighted by molar-refractivity contribution is 7.85. The van der Waals surface area contributed by atoms with Crippen molar-refractivity contribution in [2.24, 2.45) is 0 Å². The van der Waals surface area contributed by atoms with Gasteiger partial charge in [-0.05, 0) is 19.1 Å². The van der Waals surface area contributed by atoms with Crippen molar-refractivity contribution in [3.05, 3.63) is 24.2 Å². The zero-order valence-electron chi connectivity index (χ0n) is 7.53. The SMILES string of the molecule is CC1CS(=O)CC(c2ccco2)N1. The Labute approximate surface area is 80.0 Å². The van der Waals surface area contributed by atoms with Crippen LogP contribution in [0.2, 0.25) is 0 Å². The Morgan fingerprint density at radius 3 is 3.08 bits per heavy atom. The largest absolute Gasteiger partial charge is 0.468 e. The fourth-order valence-corrected chi connectivity index (χ4v) is 3.05. The Morgan fingerprint density at radius 1 is 1.62 bits per heavy atom. The molecule has 72 valence electrons. The lowest BCUT2D eigenvalue weighted by Gasteiger charge is -2.26. The highest BCUT2D eigenvalue weighted by Gasteiger charge is 2.25. The van der Waals surface area contributed by atoms with Gasteiger partial charge in [0.05, 0.1) is 12.3 Å². The maximum absolute atomic E-state index is 11.4. The van der Waals surface area contributed by atoms with Gasteiger partial charge in [-0.3, -0.25) is 4.21 Å². The highest BCUT2D eigenvalue weighted by atomic mass is 32.2. The summed E-state index contributed by atoms with van der Waals surface area (Å²) in [5.41, 5.74) is 0. The third-order valence-electron chi connectivity index (χ3n) is 2.16. The van der Waals surface area contributed by atoms with Gasteiger partial charge in [0.25, 0.3) is 0 Å². The van der Waals surface area contributed by atoms with Crippen LogP contribution in [0.15, 0.2) is 22.8 Å². The summed E-state index contributed by atoms with van der Waals surface area (Å²) in [5.74, 6) is 2.30. The summed E-state index contributed by atoms with van der Waals surface area (Å²) in [6.45, 7) is 2.05. The van der Waals surface area contributed by atoms with Gasteiger partial charge < -0.3 is 9.73 Å². The molecule has 1 aliphatic rings. The fraction of sp³-hybridized carbons (Fsp3) is 0.556. The molecule has 0 aromatic carbocycles. The van der Waals surface area contributed by atoms with Crippen LogP contribution in [0, 0.1) is 0 Å². The molecule has 13 heavy (non-hydrogen) atoms. The van der Waals surface area contributed by atoms with Crippen molar-refractivity contribution in [3.8, 4) is 0 Å². The van der Waals surface area contributed by atoms with Gasteiger partial charge in [-0.1, -0.05) is 0 Å². The van der Waals surface area contributed by atoms with E-state index < -0.39 is 10.8 Å². The van der Waals surface area contributed by atoms with Crippen LogP contribution < -0.4 is 5.32 Å². The van der Waals surface area contributed by atoms with E-state index >= 15 is 0 Å². The third kappa shape index (κ3) is 2.00. The van der Waals surface area contributed by atoms with E-state index in [1.54, 1.807) is 6.26 Å². The number of nitrogens with one attached hydrogen (secondary N) is 1. The average molecular weight is 199 g/mol. The van der Waals surface area contributed by atoms with Crippen molar-refractivity contribution in [3.63, 3.8) is 0 Å². The highest BCUT2D eigenvalue weighted by Crippen LogP contribution is 2.19. The second-order valence-electron chi connectivity index (χ2n) is 3.41. The summed E-state index contributed by atoms with van der Waals surface area (Å²) < 4.78 is 16.7. The van der Waals surface area contributed by atoms with Crippen molar-refractivity contribution in [2.75, 3.05) is 11.5 Å². The second kappa shape index (κ2) is 3.64. The molecule has 1 aliphatic heterocycles. The minimum atomic E-state index is -0.707. The topological polar surface area (TPSA) is 42.2 Å². The molecule has 1 aromatic heterocycles. The molecule has 0 amide bonds. The minimum Gasteiger partial charge on any atom is -0.468 e. The quantitative estimate of drug-likeness (QED) is 0.735. The smallest absolute Gasteiger partial charge is 0.121 e. The van der Waals surface area contributed by atoms with Gasteiger partial charge in [0, 0.05) is 28.3 Å². The number of hydrogen-bond acceptors (Lipinski definition) is 3. The van der Waals surface area contributed by atoms with E-state index in [0.717, 1.165) is 11.5 Å². The normalized spacial score (nSPS) is 34.7. The molecule has 3 unspecified atom stereocenters. The standard InChI is InChI=1S/C9H13NO2S/c1-7-5-13(11)6-8(10-7)9-3-2-4-12-9/h2-4,7-8,10H,5-6H2,1H3. The monoisotopic (exact) mass is 199 g/mol. The maximum atomic E-state index is 11.4. The average Bonchev–Trinajstić information content (AvgIpc) is 2.53. The Kier molecular flexibility index (Phi) is 2.51. The first-order valence-corrected chi connectivity index (χ1v) is 5.89. The molecule has 0 saturated carbocycles. The number of hydrogen-bond donors (Lipinski definition) is 1. The number of furan rings is 1. The van der Waals surface area contributed by atoms with Gasteiger partial charge in [0.1, 0.15) is 5.76 Å². The van der Waals surface area contributed by atoms with Crippen LogP contribution in [0.4, 0.5) is 0 Å². The van der Waals surface area contributed by atoms with E-state index in [1.807, 2.05) is 19.1 Å². The van der Waals surface area contributed by atoms with Crippen molar-refractivity contribution in [1.29, 1.82) is 0 Å². The fourth-order valence-electron chi connectivity index (χ4n) is 1.63. The zero-order valence-corrected chi connectivity index (χ0v) is 8.34. The third-order valence-corrected chi connectivity index (χ3v) is 3.74. The van der Waals surface area contributed by atoms with E-state index in [4.69, 9.17) is 4.42 Å². The lowest BCUT2D eigenvalue weighted by Crippen LogP contribution is -2.42. The van der Waals surface area contributed by atoms with Crippen LogP contribution in [0.25, 0.3) is 0 Å². The second-order valence-corrected chi connectivity index (χ2v) is 4.96. The van der Waals surface area contributed by atoms with E-state index in [0.29, 0.717) is 11.8 Å². The van der Waals surface area contributed by atoms with Crippen LogP contribution in [-0.4, -0.2) is 21.8 Å². The van der Waals surface area contributed by atoms with Gasteiger partial charge >= 0.3 is 0 Å². The first kappa shape index (κ1) is 8.97. The van der Waals surface area contributed by atoms with E-state index in [-0.39, 0.29) is 6.04 Å². The Balaban J connectivity index is 2.12. The first-order valence-electron chi connectivity index (χ1n) is 4.40. The van der Waals surface area contributed by atoms with Crippen LogP contribution in [0.5, 0.6) is 0 Å². The molecule has 1 N–H and O–H groups in total. The van der Waals surface area contributed by atoms with E-state index in [9.17, 15) is 4.21 Å². The van der Waals surface area contributed by atoms with Gasteiger partial charge in [-0.15, -0.1) is 0 Å². The molecule has 3 atom stereocenters. The lowest BCUT2D eigenvalue weighted by molar-refractivity contribution is 0.402. The predicted octanol–water partition coefficient (Wildman–Crippen LogP) is 1.06. The summed E-state index contributed by atoms with van der Waals surface area (Å²) in [5, 5.41) is 3.36. The molecule has 2 heterocycles. The number of rotatable bonds is 1. The van der Waals surface area contributed by atoms with Crippen molar-refractivity contribution in [1.82, 2.24) is 5.32 Å². The van der Waals surface area contributed by atoms with Crippen molar-refractivity contribution >= 4 is 10.8 Å². The molecule has 3 nitrogen and oxygen atoms in total. The van der Waals surface area contributed by atoms with Crippen LogP contribution in [0.1, 0.15) is 18.7 Å². The molecular weight excluding hydrogens is 186 g/mol. The molecule has 2 rings (SSSR count). The summed E-state index contributed by atoms with van der Waals surface area (Å²) in [6, 6.07) is 4.22. The van der Waals surface area contributed by atoms with Gasteiger partial charge in [0.15, 0.2) is 0 Å². The molecule has 1 aromatic rings. The van der Waals surface area contributed by atoms with Crippen LogP contribution in [-0.2, 0) is 10.8 Å². The van der Waals surface area contributed by atoms with E-state index in [1.165, 1.54) is 0 Å². The van der Waals surface area contributed by atoms with Crippen LogP contribution >= 0.6 is 0 Å². The van der Waals surface area contributed by atoms with Gasteiger partial charge in [0.2, 0.25) is 0 Å².